The van der Waals surface area contributed by atoms with Gasteiger partial charge in [-0.25, -0.2) is 0 Å². The third kappa shape index (κ3) is 5.92. The molecule has 2 heteroatoms. The maximum absolute atomic E-state index is 2.50. The molecule has 1 aliphatic carbocycles. The van der Waals surface area contributed by atoms with E-state index in [0.29, 0.717) is 0 Å². The van der Waals surface area contributed by atoms with Crippen LogP contribution in [0.4, 0.5) is 17.1 Å². The number of fused-ring (bicyclic) bond motifs is 7. The fourth-order valence-corrected chi connectivity index (χ4v) is 10.2. The van der Waals surface area contributed by atoms with Crippen LogP contribution in [-0.4, -0.2) is 4.57 Å². The highest BCUT2D eigenvalue weighted by Gasteiger charge is 2.37. The highest BCUT2D eigenvalue weighted by Crippen LogP contribution is 2.54. The number of anilines is 3. The highest BCUT2D eigenvalue weighted by atomic mass is 15.1. The second-order valence-electron chi connectivity index (χ2n) is 18.1. The van der Waals surface area contributed by atoms with Crippen LogP contribution in [0.5, 0.6) is 0 Å². The van der Waals surface area contributed by atoms with Crippen LogP contribution in [-0.2, 0) is 11.0 Å². The summed E-state index contributed by atoms with van der Waals surface area (Å²) in [6, 6.07) is 74.1. The lowest BCUT2D eigenvalue weighted by Gasteiger charge is -2.30. The normalized spacial score (nSPS) is 13.1. The van der Waals surface area contributed by atoms with E-state index >= 15 is 0 Å². The van der Waals surface area contributed by atoms with Crippen molar-refractivity contribution in [3.05, 3.63) is 211 Å². The van der Waals surface area contributed by atoms with Crippen LogP contribution < -0.4 is 4.90 Å². The molecule has 0 atom stereocenters. The van der Waals surface area contributed by atoms with Gasteiger partial charge in [-0.15, -0.1) is 0 Å². The molecule has 0 bridgehead atoms. The van der Waals surface area contributed by atoms with E-state index in [1.807, 2.05) is 0 Å². The molecule has 294 valence electrons. The zero-order valence-electron chi connectivity index (χ0n) is 35.4. The lowest BCUT2D eigenvalue weighted by molar-refractivity contribution is 0.423. The Morgan fingerprint density at radius 3 is 1.80 bits per heavy atom. The molecule has 0 saturated carbocycles. The van der Waals surface area contributed by atoms with Crippen molar-refractivity contribution in [2.45, 2.75) is 45.6 Å². The molecular weight excluding hydrogens is 737 g/mol. The summed E-state index contributed by atoms with van der Waals surface area (Å²) in [5.41, 5.74) is 18.4. The number of hydrogen-bond acceptors (Lipinski definition) is 1. The zero-order valence-corrected chi connectivity index (χ0v) is 35.4. The lowest BCUT2D eigenvalue weighted by Crippen LogP contribution is -2.21. The van der Waals surface area contributed by atoms with Gasteiger partial charge in [0.15, 0.2) is 0 Å². The van der Waals surface area contributed by atoms with Crippen LogP contribution >= 0.6 is 0 Å². The number of para-hydroxylation sites is 1. The number of hydrogen-bond donors (Lipinski definition) is 0. The van der Waals surface area contributed by atoms with Crippen LogP contribution in [0, 0.1) is 0 Å². The average molecular weight is 785 g/mol. The Morgan fingerprint density at radius 1 is 0.410 bits per heavy atom. The molecule has 1 aromatic heterocycles. The third-order valence-corrected chi connectivity index (χ3v) is 13.0. The molecule has 0 radical (unpaired) electrons. The van der Waals surface area contributed by atoms with Crippen molar-refractivity contribution in [3.63, 3.8) is 0 Å². The predicted molar refractivity (Wildman–Crippen MR) is 261 cm³/mol. The van der Waals surface area contributed by atoms with Gasteiger partial charge in [0, 0.05) is 44.2 Å². The van der Waals surface area contributed by atoms with Gasteiger partial charge in [0.2, 0.25) is 0 Å². The summed E-state index contributed by atoms with van der Waals surface area (Å²) < 4.78 is 2.50. The predicted octanol–water partition coefficient (Wildman–Crippen LogP) is 16.5. The van der Waals surface area contributed by atoms with Crippen molar-refractivity contribution >= 4 is 49.6 Å². The van der Waals surface area contributed by atoms with Crippen molar-refractivity contribution in [1.29, 1.82) is 0 Å². The average Bonchev–Trinajstić information content (AvgIpc) is 3.75. The minimum absolute atomic E-state index is 0.0738. The molecule has 1 heterocycles. The van der Waals surface area contributed by atoms with Crippen molar-refractivity contribution in [1.82, 2.24) is 4.57 Å². The quantitative estimate of drug-likeness (QED) is 0.163. The van der Waals surface area contributed by atoms with E-state index in [9.17, 15) is 0 Å². The van der Waals surface area contributed by atoms with E-state index < -0.39 is 0 Å². The topological polar surface area (TPSA) is 8.17 Å². The Kier molecular flexibility index (Phi) is 8.44. The molecule has 1 aliphatic rings. The minimum atomic E-state index is -0.194. The van der Waals surface area contributed by atoms with E-state index in [0.717, 1.165) is 17.1 Å². The van der Waals surface area contributed by atoms with Crippen LogP contribution in [0.1, 0.15) is 45.7 Å². The monoisotopic (exact) mass is 784 g/mol. The molecule has 0 amide bonds. The van der Waals surface area contributed by atoms with Crippen LogP contribution in [0.25, 0.3) is 77.1 Å². The number of nitrogens with zero attached hydrogens (tertiary/aromatic N) is 2. The number of rotatable bonds is 6. The van der Waals surface area contributed by atoms with Gasteiger partial charge in [-0.1, -0.05) is 172 Å². The smallest absolute Gasteiger partial charge is 0.0546 e. The van der Waals surface area contributed by atoms with Gasteiger partial charge < -0.3 is 9.47 Å². The Balaban J connectivity index is 1.10. The van der Waals surface area contributed by atoms with Crippen molar-refractivity contribution < 1.29 is 0 Å². The molecule has 0 aliphatic heterocycles. The maximum Gasteiger partial charge on any atom is 0.0546 e. The van der Waals surface area contributed by atoms with Crippen LogP contribution in [0.2, 0.25) is 0 Å². The Labute approximate surface area is 359 Å². The second kappa shape index (κ2) is 14.0. The summed E-state index contributed by atoms with van der Waals surface area (Å²) in [5, 5.41) is 5.05. The summed E-state index contributed by atoms with van der Waals surface area (Å²) in [6.45, 7) is 11.7. The first kappa shape index (κ1) is 36.9. The largest absolute Gasteiger partial charge is 0.335 e. The van der Waals surface area contributed by atoms with E-state index in [4.69, 9.17) is 0 Å². The summed E-state index contributed by atoms with van der Waals surface area (Å²) >= 11 is 0. The first-order chi connectivity index (χ1) is 29.7. The lowest BCUT2D eigenvalue weighted by atomic mass is 9.81. The Morgan fingerprint density at radius 2 is 1.05 bits per heavy atom. The van der Waals surface area contributed by atoms with Crippen molar-refractivity contribution in [3.8, 4) is 44.5 Å². The molecule has 2 nitrogen and oxygen atoms in total. The van der Waals surface area contributed by atoms with E-state index in [-0.39, 0.29) is 11.0 Å². The van der Waals surface area contributed by atoms with E-state index in [1.165, 1.54) is 88.2 Å². The standard InChI is InChI=1S/C59H48N2/c1-58(2,3)61-53-26-15-14-23-48(53)49-34-29-43(37-55(49)61)39-27-31-44(32-28-39)60(54-36-30-41-19-12-13-22-46(41)56(54)42-20-10-7-11-21-42)45-33-35-50-52(38-45)59(4,5)51-25-16-24-47(57(50)51)40-17-8-6-9-18-40/h6-38H,1-5H3. The van der Waals surface area contributed by atoms with Gasteiger partial charge in [0.1, 0.15) is 0 Å². The second-order valence-corrected chi connectivity index (χ2v) is 18.1. The fourth-order valence-electron chi connectivity index (χ4n) is 10.2. The summed E-state index contributed by atoms with van der Waals surface area (Å²) in [6.07, 6.45) is 0. The molecule has 10 aromatic rings. The van der Waals surface area contributed by atoms with E-state index in [2.05, 4.69) is 244 Å². The Bertz CT molecular complexity index is 3290. The van der Waals surface area contributed by atoms with E-state index in [1.54, 1.807) is 0 Å². The molecule has 0 fully saturated rings. The molecule has 9 aromatic carbocycles. The minimum Gasteiger partial charge on any atom is -0.335 e. The van der Waals surface area contributed by atoms with Gasteiger partial charge >= 0.3 is 0 Å². The van der Waals surface area contributed by atoms with Crippen molar-refractivity contribution in [2.75, 3.05) is 4.90 Å². The van der Waals surface area contributed by atoms with Crippen molar-refractivity contribution in [2.24, 2.45) is 0 Å². The summed E-state index contributed by atoms with van der Waals surface area (Å²) in [5.74, 6) is 0. The van der Waals surface area contributed by atoms with Gasteiger partial charge in [-0.05, 0) is 124 Å². The van der Waals surface area contributed by atoms with Gasteiger partial charge in [0.05, 0.1) is 11.2 Å². The SMILES string of the molecule is CC1(C)c2cc(N(c3ccc(-c4ccc5c6ccccc6n(C(C)(C)C)c5c4)cc3)c3ccc4ccccc4c3-c3ccccc3)ccc2-c2c(-c3ccccc3)cccc21. The molecule has 0 unspecified atom stereocenters. The first-order valence-electron chi connectivity index (χ1n) is 21.5. The molecule has 11 rings (SSSR count). The van der Waals surface area contributed by atoms with Crippen LogP contribution in [0.3, 0.4) is 0 Å². The molecular formula is C59H48N2. The maximum atomic E-state index is 2.50. The number of benzene rings is 9. The molecule has 61 heavy (non-hydrogen) atoms. The van der Waals surface area contributed by atoms with Gasteiger partial charge in [-0.3, -0.25) is 0 Å². The third-order valence-electron chi connectivity index (χ3n) is 13.0. The zero-order chi connectivity index (χ0) is 41.5. The molecule has 0 N–H and O–H groups in total. The fraction of sp³-hybridized carbons (Fsp3) is 0.119. The highest BCUT2D eigenvalue weighted by molar-refractivity contribution is 6.10. The Hall–Kier alpha value is -7.16. The molecule has 0 spiro atoms. The van der Waals surface area contributed by atoms with Gasteiger partial charge in [0.25, 0.3) is 0 Å². The first-order valence-corrected chi connectivity index (χ1v) is 21.5. The number of aromatic nitrogens is 1. The molecule has 0 saturated heterocycles. The summed E-state index contributed by atoms with van der Waals surface area (Å²) in [7, 11) is 0. The van der Waals surface area contributed by atoms with Gasteiger partial charge in [-0.2, -0.15) is 0 Å². The van der Waals surface area contributed by atoms with Crippen LogP contribution in [0.15, 0.2) is 200 Å². The summed E-state index contributed by atoms with van der Waals surface area (Å²) in [4.78, 5) is 2.48.